The van der Waals surface area contributed by atoms with Gasteiger partial charge in [-0.05, 0) is 25.1 Å². The molecule has 0 aromatic heterocycles. The molecule has 0 aliphatic carbocycles. The highest BCUT2D eigenvalue weighted by atomic mass is 28.4. The predicted molar refractivity (Wildman–Crippen MR) is 97.9 cm³/mol. The molecule has 130 valence electrons. The van der Waals surface area contributed by atoms with E-state index in [9.17, 15) is 0 Å². The van der Waals surface area contributed by atoms with Crippen LogP contribution in [0.1, 0.15) is 34.6 Å². The van der Waals surface area contributed by atoms with Crippen LogP contribution in [0.3, 0.4) is 0 Å². The molecule has 0 aliphatic heterocycles. The third-order valence-electron chi connectivity index (χ3n) is 4.50. The number of hydrogen-bond acceptors (Lipinski definition) is 3. The lowest BCUT2D eigenvalue weighted by Gasteiger charge is -2.42. The molecule has 3 nitrogen and oxygen atoms in total. The van der Waals surface area contributed by atoms with Crippen molar-refractivity contribution in [3.05, 3.63) is 24.3 Å². The molecule has 0 heterocycles. The summed E-state index contributed by atoms with van der Waals surface area (Å²) in [7, 11) is 1.55. The summed E-state index contributed by atoms with van der Waals surface area (Å²) in [6.07, 6.45) is 3.91. The highest BCUT2D eigenvalue weighted by Gasteiger charge is 2.41. The fraction of sp³-hybridized carbons (Fsp3) is 0.778. The molecule has 0 radical (unpaired) electrons. The highest BCUT2D eigenvalue weighted by Crippen LogP contribution is 2.39. The molecule has 0 aromatic rings. The Kier molecular flexibility index (Phi) is 8.84. The maximum Gasteiger partial charge on any atom is 0.192 e. The van der Waals surface area contributed by atoms with Gasteiger partial charge in [-0.1, -0.05) is 45.4 Å². The van der Waals surface area contributed by atoms with Gasteiger partial charge in [0.2, 0.25) is 0 Å². The Morgan fingerprint density at radius 2 is 1.77 bits per heavy atom. The van der Waals surface area contributed by atoms with Gasteiger partial charge in [0.25, 0.3) is 0 Å². The summed E-state index contributed by atoms with van der Waals surface area (Å²) in [6, 6.07) is 0. The van der Waals surface area contributed by atoms with E-state index in [1.165, 1.54) is 5.57 Å². The van der Waals surface area contributed by atoms with Crippen LogP contribution in [0.15, 0.2) is 24.3 Å². The molecular weight excluding hydrogens is 292 g/mol. The van der Waals surface area contributed by atoms with Crippen molar-refractivity contribution in [3.63, 3.8) is 0 Å². The van der Waals surface area contributed by atoms with Crippen molar-refractivity contribution >= 4 is 8.32 Å². The molecule has 0 unspecified atom stereocenters. The van der Waals surface area contributed by atoms with Gasteiger partial charge in [-0.15, -0.1) is 6.58 Å². The van der Waals surface area contributed by atoms with E-state index in [2.05, 4.69) is 60.4 Å². The van der Waals surface area contributed by atoms with E-state index in [1.54, 1.807) is 14.2 Å². The van der Waals surface area contributed by atoms with E-state index < -0.39 is 8.32 Å². The van der Waals surface area contributed by atoms with Crippen molar-refractivity contribution in [2.24, 2.45) is 5.92 Å². The summed E-state index contributed by atoms with van der Waals surface area (Å²) in [4.78, 5) is 0. The van der Waals surface area contributed by atoms with Crippen molar-refractivity contribution in [1.29, 1.82) is 0 Å². The second-order valence-electron chi connectivity index (χ2n) is 7.58. The molecule has 0 saturated heterocycles. The van der Waals surface area contributed by atoms with Crippen LogP contribution in [-0.2, 0) is 13.9 Å². The third kappa shape index (κ3) is 6.37. The summed E-state index contributed by atoms with van der Waals surface area (Å²) in [5.74, 6) is 0.229. The molecule has 0 N–H and O–H groups in total. The van der Waals surface area contributed by atoms with Gasteiger partial charge in [0, 0.05) is 20.1 Å². The van der Waals surface area contributed by atoms with Gasteiger partial charge in [-0.3, -0.25) is 0 Å². The zero-order valence-corrected chi connectivity index (χ0v) is 17.0. The molecule has 22 heavy (non-hydrogen) atoms. The SMILES string of the molecule is C=C[C@@H](OC)[C@@H](O[Si](C)(C)C(C)(C)C)[C@@H](C)/C=C(/C)COC. The first-order valence-electron chi connectivity index (χ1n) is 7.99. The fourth-order valence-corrected chi connectivity index (χ4v) is 3.56. The van der Waals surface area contributed by atoms with Gasteiger partial charge in [0.05, 0.1) is 12.7 Å². The average Bonchev–Trinajstić information content (AvgIpc) is 2.37. The zero-order valence-electron chi connectivity index (χ0n) is 16.0. The molecule has 4 heteroatoms. The van der Waals surface area contributed by atoms with Crippen LogP contribution in [0.4, 0.5) is 0 Å². The first-order chi connectivity index (χ1) is 10.00. The van der Waals surface area contributed by atoms with E-state index >= 15 is 0 Å². The fourth-order valence-electron chi connectivity index (χ4n) is 2.17. The molecule has 0 saturated carbocycles. The van der Waals surface area contributed by atoms with Crippen molar-refractivity contribution in [2.75, 3.05) is 20.8 Å². The summed E-state index contributed by atoms with van der Waals surface area (Å²) in [6.45, 7) is 20.1. The van der Waals surface area contributed by atoms with Crippen LogP contribution in [0.5, 0.6) is 0 Å². The van der Waals surface area contributed by atoms with Crippen LogP contribution >= 0.6 is 0 Å². The summed E-state index contributed by atoms with van der Waals surface area (Å²) in [5, 5.41) is 0.162. The lowest BCUT2D eigenvalue weighted by Crippen LogP contribution is -2.49. The van der Waals surface area contributed by atoms with Gasteiger partial charge in [-0.2, -0.15) is 0 Å². The van der Waals surface area contributed by atoms with E-state index in [4.69, 9.17) is 13.9 Å². The predicted octanol–water partition coefficient (Wildman–Crippen LogP) is 4.81. The smallest absolute Gasteiger partial charge is 0.192 e. The molecule has 0 rings (SSSR count). The van der Waals surface area contributed by atoms with E-state index in [1.807, 2.05) is 6.08 Å². The number of rotatable bonds is 9. The first-order valence-corrected chi connectivity index (χ1v) is 10.9. The van der Waals surface area contributed by atoms with Crippen LogP contribution < -0.4 is 0 Å². The molecule has 0 bridgehead atoms. The van der Waals surface area contributed by atoms with Gasteiger partial charge in [-0.25, -0.2) is 0 Å². The lowest BCUT2D eigenvalue weighted by molar-refractivity contribution is 0.00587. The number of ether oxygens (including phenoxy) is 2. The van der Waals surface area contributed by atoms with Gasteiger partial charge >= 0.3 is 0 Å². The van der Waals surface area contributed by atoms with Crippen molar-refractivity contribution < 1.29 is 13.9 Å². The van der Waals surface area contributed by atoms with E-state index in [0.29, 0.717) is 6.61 Å². The normalized spacial score (nSPS) is 18.0. The summed E-state index contributed by atoms with van der Waals surface area (Å²) in [5.41, 5.74) is 1.21. The van der Waals surface area contributed by atoms with Crippen LogP contribution in [0.25, 0.3) is 0 Å². The summed E-state index contributed by atoms with van der Waals surface area (Å²) < 4.78 is 17.4. The van der Waals surface area contributed by atoms with Crippen LogP contribution in [0.2, 0.25) is 18.1 Å². The Bertz CT molecular complexity index is 369. The highest BCUT2D eigenvalue weighted by molar-refractivity contribution is 6.74. The molecular formula is C18H36O3Si. The van der Waals surface area contributed by atoms with Gasteiger partial charge in [0.15, 0.2) is 8.32 Å². The Hall–Kier alpha value is -0.423. The lowest BCUT2D eigenvalue weighted by atomic mass is 9.97. The largest absolute Gasteiger partial charge is 0.410 e. The first kappa shape index (κ1) is 21.6. The Morgan fingerprint density at radius 1 is 1.23 bits per heavy atom. The minimum Gasteiger partial charge on any atom is -0.410 e. The Balaban J connectivity index is 5.39. The Morgan fingerprint density at radius 3 is 2.14 bits per heavy atom. The molecule has 0 spiro atoms. The van der Waals surface area contributed by atoms with E-state index in [-0.39, 0.29) is 23.2 Å². The molecule has 0 amide bonds. The second kappa shape index (κ2) is 9.01. The van der Waals surface area contributed by atoms with Crippen molar-refractivity contribution in [1.82, 2.24) is 0 Å². The quantitative estimate of drug-likeness (QED) is 0.449. The van der Waals surface area contributed by atoms with Crippen molar-refractivity contribution in [2.45, 2.75) is 65.0 Å². The molecule has 0 aromatic carbocycles. The maximum absolute atomic E-state index is 6.64. The molecule has 0 aliphatic rings. The van der Waals surface area contributed by atoms with Crippen molar-refractivity contribution in [3.8, 4) is 0 Å². The molecule has 3 atom stereocenters. The van der Waals surface area contributed by atoms with Gasteiger partial charge < -0.3 is 13.9 Å². The molecule has 0 fully saturated rings. The minimum atomic E-state index is -1.88. The monoisotopic (exact) mass is 328 g/mol. The minimum absolute atomic E-state index is 0.0322. The van der Waals surface area contributed by atoms with E-state index in [0.717, 1.165) is 0 Å². The maximum atomic E-state index is 6.64. The second-order valence-corrected chi connectivity index (χ2v) is 12.3. The number of hydrogen-bond donors (Lipinski definition) is 0. The topological polar surface area (TPSA) is 27.7 Å². The zero-order chi connectivity index (χ0) is 17.6. The Labute approximate surface area is 138 Å². The third-order valence-corrected chi connectivity index (χ3v) is 8.98. The summed E-state index contributed by atoms with van der Waals surface area (Å²) >= 11 is 0. The average molecular weight is 329 g/mol. The van der Waals surface area contributed by atoms with Gasteiger partial charge in [0.1, 0.15) is 6.10 Å². The number of methoxy groups -OCH3 is 2. The van der Waals surface area contributed by atoms with Crippen LogP contribution in [0, 0.1) is 5.92 Å². The standard InChI is InChI=1S/C18H36O3Si/c1-11-16(20-8)17(15(3)12-14(2)13-19-7)21-22(9,10)18(4,5)6/h11-12,15-17H,1,13H2,2-10H3/b14-12-/t15-,16+,17-/m0/s1. The van der Waals surface area contributed by atoms with Crippen LogP contribution in [-0.4, -0.2) is 41.4 Å².